The molecule has 1 aromatic rings. The van der Waals surface area contributed by atoms with Gasteiger partial charge >= 0.3 is 0 Å². The van der Waals surface area contributed by atoms with Gasteiger partial charge in [0, 0.05) is 18.7 Å². The lowest BCUT2D eigenvalue weighted by molar-refractivity contribution is 0.0912. The van der Waals surface area contributed by atoms with Gasteiger partial charge in [-0.3, -0.25) is 0 Å². The van der Waals surface area contributed by atoms with Crippen molar-refractivity contribution < 1.29 is 4.74 Å². The summed E-state index contributed by atoms with van der Waals surface area (Å²) in [5.41, 5.74) is 3.44. The van der Waals surface area contributed by atoms with E-state index in [1.807, 2.05) is 6.92 Å². The fraction of sp³-hybridized carbons (Fsp3) is 0.444. The van der Waals surface area contributed by atoms with Crippen molar-refractivity contribution in [2.24, 2.45) is 0 Å². The van der Waals surface area contributed by atoms with Crippen molar-refractivity contribution in [3.05, 3.63) is 53.6 Å². The molecule has 0 saturated carbocycles. The van der Waals surface area contributed by atoms with Gasteiger partial charge in [-0.15, -0.1) is 0 Å². The van der Waals surface area contributed by atoms with Crippen molar-refractivity contribution in [2.75, 3.05) is 20.1 Å². The number of ether oxygens (including phenoxy) is 1. The number of likely N-dealkylation sites (tertiary alicyclic amines) is 1. The number of piperidine rings is 1. The first-order chi connectivity index (χ1) is 9.56. The molecule has 1 aliphatic heterocycles. The molecule has 0 unspecified atom stereocenters. The molecule has 1 fully saturated rings. The van der Waals surface area contributed by atoms with Crippen LogP contribution in [-0.2, 0) is 4.74 Å². The van der Waals surface area contributed by atoms with Gasteiger partial charge in [-0.25, -0.2) is 0 Å². The summed E-state index contributed by atoms with van der Waals surface area (Å²) in [6.45, 7) is 10.3. The molecular formula is C18H25NO. The summed E-state index contributed by atoms with van der Waals surface area (Å²) in [7, 11) is 2.17. The first-order valence-corrected chi connectivity index (χ1v) is 7.34. The van der Waals surface area contributed by atoms with E-state index in [1.54, 1.807) is 0 Å². The fourth-order valence-corrected chi connectivity index (χ4v) is 2.53. The molecule has 0 bridgehead atoms. The maximum atomic E-state index is 6.29. The Balaban J connectivity index is 2.17. The predicted molar refractivity (Wildman–Crippen MR) is 85.6 cm³/mol. The summed E-state index contributed by atoms with van der Waals surface area (Å²) in [5.74, 6) is 0.963. The topological polar surface area (TPSA) is 12.5 Å². The smallest absolute Gasteiger partial charge is 0.127 e. The zero-order valence-corrected chi connectivity index (χ0v) is 12.9. The van der Waals surface area contributed by atoms with Crippen molar-refractivity contribution >= 4 is 5.76 Å². The number of hydrogen-bond donors (Lipinski definition) is 0. The first-order valence-electron chi connectivity index (χ1n) is 7.34. The lowest BCUT2D eigenvalue weighted by Gasteiger charge is -2.30. The molecule has 0 spiro atoms. The standard InChI is InChI=1S/C18H25NO/c1-14(2)13-18(17-8-6-5-7-15(17)3)20-16-9-11-19(4)12-10-16/h5-8,13,16H,1,9-12H2,2-4H3/b18-13+. The average Bonchev–Trinajstić information content (AvgIpc) is 2.41. The molecule has 0 aromatic heterocycles. The molecule has 20 heavy (non-hydrogen) atoms. The molecule has 2 nitrogen and oxygen atoms in total. The van der Waals surface area contributed by atoms with Crippen molar-refractivity contribution in [1.82, 2.24) is 4.90 Å². The maximum Gasteiger partial charge on any atom is 0.127 e. The van der Waals surface area contributed by atoms with Crippen LogP contribution in [0, 0.1) is 6.92 Å². The van der Waals surface area contributed by atoms with Gasteiger partial charge in [0.15, 0.2) is 0 Å². The Kier molecular flexibility index (Phi) is 5.02. The summed E-state index contributed by atoms with van der Waals surface area (Å²) in [4.78, 5) is 2.36. The van der Waals surface area contributed by atoms with Crippen LogP contribution in [0.2, 0.25) is 0 Å². The monoisotopic (exact) mass is 271 g/mol. The number of aryl methyl sites for hydroxylation is 1. The molecule has 1 saturated heterocycles. The van der Waals surface area contributed by atoms with Crippen LogP contribution < -0.4 is 0 Å². The van der Waals surface area contributed by atoms with Gasteiger partial charge in [-0.1, -0.05) is 36.4 Å². The maximum absolute atomic E-state index is 6.29. The van der Waals surface area contributed by atoms with Crippen LogP contribution >= 0.6 is 0 Å². The van der Waals surface area contributed by atoms with Crippen LogP contribution in [0.25, 0.3) is 5.76 Å². The van der Waals surface area contributed by atoms with E-state index in [2.05, 4.69) is 55.8 Å². The van der Waals surface area contributed by atoms with E-state index >= 15 is 0 Å². The molecular weight excluding hydrogens is 246 g/mol. The van der Waals surface area contributed by atoms with E-state index in [1.165, 1.54) is 11.1 Å². The summed E-state index contributed by atoms with van der Waals surface area (Å²) in [6.07, 6.45) is 4.56. The normalized spacial score (nSPS) is 18.1. The van der Waals surface area contributed by atoms with Gasteiger partial charge in [0.1, 0.15) is 11.9 Å². The predicted octanol–water partition coefficient (Wildman–Crippen LogP) is 4.02. The van der Waals surface area contributed by atoms with Crippen LogP contribution in [0.4, 0.5) is 0 Å². The molecule has 1 aromatic carbocycles. The summed E-state index contributed by atoms with van der Waals surface area (Å²) < 4.78 is 6.29. The Morgan fingerprint density at radius 1 is 1.30 bits per heavy atom. The van der Waals surface area contributed by atoms with Crippen LogP contribution in [0.1, 0.15) is 30.9 Å². The van der Waals surface area contributed by atoms with Gasteiger partial charge in [-0.05, 0) is 45.4 Å². The summed E-state index contributed by atoms with van der Waals surface area (Å²) in [5, 5.41) is 0. The molecule has 2 rings (SSSR count). The third kappa shape index (κ3) is 3.97. The van der Waals surface area contributed by atoms with Crippen molar-refractivity contribution in [3.8, 4) is 0 Å². The first kappa shape index (κ1) is 14.9. The highest BCUT2D eigenvalue weighted by Crippen LogP contribution is 2.26. The molecule has 0 aliphatic carbocycles. The Hall–Kier alpha value is -1.54. The third-order valence-corrected chi connectivity index (χ3v) is 3.75. The lowest BCUT2D eigenvalue weighted by atomic mass is 10.0. The highest BCUT2D eigenvalue weighted by Gasteiger charge is 2.19. The van der Waals surface area contributed by atoms with Crippen LogP contribution in [0.15, 0.2) is 42.5 Å². The Morgan fingerprint density at radius 3 is 2.55 bits per heavy atom. The number of allylic oxidation sites excluding steroid dienone is 2. The second-order valence-corrected chi connectivity index (χ2v) is 5.79. The van der Waals surface area contributed by atoms with Crippen molar-refractivity contribution in [3.63, 3.8) is 0 Å². The molecule has 0 atom stereocenters. The number of nitrogens with zero attached hydrogens (tertiary/aromatic N) is 1. The van der Waals surface area contributed by atoms with Gasteiger partial charge in [0.2, 0.25) is 0 Å². The molecule has 0 N–H and O–H groups in total. The number of rotatable bonds is 4. The Bertz CT molecular complexity index is 496. The minimum atomic E-state index is 0.316. The minimum Gasteiger partial charge on any atom is -0.490 e. The van der Waals surface area contributed by atoms with Crippen molar-refractivity contribution in [1.29, 1.82) is 0 Å². The largest absolute Gasteiger partial charge is 0.490 e. The Labute approximate surface area is 122 Å². The molecule has 2 heteroatoms. The van der Waals surface area contributed by atoms with Crippen LogP contribution in [-0.4, -0.2) is 31.1 Å². The molecule has 108 valence electrons. The highest BCUT2D eigenvalue weighted by molar-refractivity contribution is 5.65. The number of benzene rings is 1. The second kappa shape index (κ2) is 6.76. The van der Waals surface area contributed by atoms with E-state index in [0.29, 0.717) is 6.10 Å². The summed E-state index contributed by atoms with van der Waals surface area (Å²) >= 11 is 0. The molecule has 1 aliphatic rings. The zero-order chi connectivity index (χ0) is 14.5. The van der Waals surface area contributed by atoms with E-state index < -0.39 is 0 Å². The highest BCUT2D eigenvalue weighted by atomic mass is 16.5. The summed E-state index contributed by atoms with van der Waals surface area (Å²) in [6, 6.07) is 8.37. The van der Waals surface area contributed by atoms with E-state index in [4.69, 9.17) is 4.74 Å². The van der Waals surface area contributed by atoms with Gasteiger partial charge in [0.25, 0.3) is 0 Å². The van der Waals surface area contributed by atoms with Crippen LogP contribution in [0.3, 0.4) is 0 Å². The fourth-order valence-electron chi connectivity index (χ4n) is 2.53. The molecule has 0 radical (unpaired) electrons. The van der Waals surface area contributed by atoms with Crippen LogP contribution in [0.5, 0.6) is 0 Å². The second-order valence-electron chi connectivity index (χ2n) is 5.79. The van der Waals surface area contributed by atoms with Gasteiger partial charge in [0.05, 0.1) is 0 Å². The third-order valence-electron chi connectivity index (χ3n) is 3.75. The average molecular weight is 271 g/mol. The molecule has 0 amide bonds. The van der Waals surface area contributed by atoms with Crippen molar-refractivity contribution in [2.45, 2.75) is 32.8 Å². The molecule has 1 heterocycles. The SMILES string of the molecule is C=C(C)/C=C(/OC1CCN(C)CC1)c1ccccc1C. The van der Waals surface area contributed by atoms with E-state index in [-0.39, 0.29) is 0 Å². The van der Waals surface area contributed by atoms with E-state index in [0.717, 1.165) is 37.3 Å². The number of hydrogen-bond acceptors (Lipinski definition) is 2. The quantitative estimate of drug-likeness (QED) is 0.606. The minimum absolute atomic E-state index is 0.316. The van der Waals surface area contributed by atoms with Gasteiger partial charge in [-0.2, -0.15) is 0 Å². The zero-order valence-electron chi connectivity index (χ0n) is 12.9. The van der Waals surface area contributed by atoms with E-state index in [9.17, 15) is 0 Å². The Morgan fingerprint density at radius 2 is 1.95 bits per heavy atom. The lowest BCUT2D eigenvalue weighted by Crippen LogP contribution is -2.34. The van der Waals surface area contributed by atoms with Gasteiger partial charge < -0.3 is 9.64 Å².